The van der Waals surface area contributed by atoms with Gasteiger partial charge < -0.3 is 10.1 Å². The van der Waals surface area contributed by atoms with E-state index in [1.807, 2.05) is 7.05 Å². The first-order chi connectivity index (χ1) is 4.19. The van der Waals surface area contributed by atoms with E-state index >= 15 is 0 Å². The Labute approximate surface area is 56.6 Å². The first-order valence-corrected chi connectivity index (χ1v) is 3.49. The third-order valence-electron chi connectivity index (χ3n) is 2.46. The number of hydrogen-bond acceptors (Lipinski definition) is 2. The van der Waals surface area contributed by atoms with Crippen LogP contribution in [0, 0.1) is 0 Å². The molecule has 0 saturated carbocycles. The smallest absolute Gasteiger partial charge is 0.0726 e. The molecular formula is C7H15NO. The van der Waals surface area contributed by atoms with Crippen LogP contribution in [0.1, 0.15) is 20.3 Å². The molecule has 9 heavy (non-hydrogen) atoms. The van der Waals surface area contributed by atoms with Crippen molar-refractivity contribution in [3.63, 3.8) is 0 Å². The van der Waals surface area contributed by atoms with Gasteiger partial charge in [0.25, 0.3) is 0 Å². The van der Waals surface area contributed by atoms with Gasteiger partial charge in [-0.3, -0.25) is 0 Å². The van der Waals surface area contributed by atoms with Crippen LogP contribution in [0.15, 0.2) is 0 Å². The van der Waals surface area contributed by atoms with Crippen LogP contribution in [0.2, 0.25) is 0 Å². The first kappa shape index (κ1) is 7.03. The highest BCUT2D eigenvalue weighted by molar-refractivity contribution is 4.91. The molecule has 0 aromatic heterocycles. The van der Waals surface area contributed by atoms with E-state index in [9.17, 15) is 0 Å². The molecule has 1 aliphatic rings. The maximum Gasteiger partial charge on any atom is 0.0726 e. The molecule has 2 nitrogen and oxygen atoms in total. The zero-order valence-corrected chi connectivity index (χ0v) is 6.40. The summed E-state index contributed by atoms with van der Waals surface area (Å²) in [7, 11) is 1.99. The van der Waals surface area contributed by atoms with Crippen LogP contribution < -0.4 is 5.32 Å². The van der Waals surface area contributed by atoms with Gasteiger partial charge in [0, 0.05) is 12.1 Å². The number of rotatable bonds is 1. The Morgan fingerprint density at radius 1 is 1.67 bits per heavy atom. The molecule has 0 bridgehead atoms. The fourth-order valence-corrected chi connectivity index (χ4v) is 1.16. The fourth-order valence-electron chi connectivity index (χ4n) is 1.16. The Balaban J connectivity index is 2.56. The van der Waals surface area contributed by atoms with Crippen molar-refractivity contribution in [2.45, 2.75) is 31.9 Å². The maximum atomic E-state index is 5.40. The van der Waals surface area contributed by atoms with E-state index in [-0.39, 0.29) is 5.54 Å². The molecule has 0 amide bonds. The molecule has 1 fully saturated rings. The van der Waals surface area contributed by atoms with E-state index < -0.39 is 0 Å². The second-order valence-corrected chi connectivity index (χ2v) is 2.93. The van der Waals surface area contributed by atoms with Crippen molar-refractivity contribution in [1.29, 1.82) is 0 Å². The highest BCUT2D eigenvalue weighted by Crippen LogP contribution is 2.23. The van der Waals surface area contributed by atoms with Crippen LogP contribution in [0.25, 0.3) is 0 Å². The van der Waals surface area contributed by atoms with Crippen LogP contribution in [-0.4, -0.2) is 25.3 Å². The Morgan fingerprint density at radius 2 is 2.33 bits per heavy atom. The van der Waals surface area contributed by atoms with Crippen molar-refractivity contribution in [2.24, 2.45) is 0 Å². The van der Waals surface area contributed by atoms with Gasteiger partial charge in [0.2, 0.25) is 0 Å². The van der Waals surface area contributed by atoms with Gasteiger partial charge in [0.1, 0.15) is 0 Å². The average Bonchev–Trinajstić information content (AvgIpc) is 2.15. The standard InChI is InChI=1S/C7H15NO/c1-6-7(2,8-3)4-5-9-6/h6,8H,4-5H2,1-3H3. The van der Waals surface area contributed by atoms with Crippen LogP contribution in [0.4, 0.5) is 0 Å². The lowest BCUT2D eigenvalue weighted by molar-refractivity contribution is 0.0914. The highest BCUT2D eigenvalue weighted by atomic mass is 16.5. The van der Waals surface area contributed by atoms with Gasteiger partial charge in [-0.05, 0) is 27.3 Å². The molecule has 1 heterocycles. The number of nitrogens with one attached hydrogen (secondary N) is 1. The Kier molecular flexibility index (Phi) is 1.78. The lowest BCUT2D eigenvalue weighted by atomic mass is 9.95. The van der Waals surface area contributed by atoms with Crippen molar-refractivity contribution in [3.05, 3.63) is 0 Å². The van der Waals surface area contributed by atoms with Crippen molar-refractivity contribution >= 4 is 0 Å². The summed E-state index contributed by atoms with van der Waals surface area (Å²) in [6.07, 6.45) is 1.49. The quantitative estimate of drug-likeness (QED) is 0.564. The number of ether oxygens (including phenoxy) is 1. The zero-order chi connectivity index (χ0) is 6.91. The normalized spacial score (nSPS) is 43.7. The summed E-state index contributed by atoms with van der Waals surface area (Å²) in [5.74, 6) is 0. The molecule has 2 atom stereocenters. The largest absolute Gasteiger partial charge is 0.377 e. The highest BCUT2D eigenvalue weighted by Gasteiger charge is 2.34. The van der Waals surface area contributed by atoms with Crippen molar-refractivity contribution in [2.75, 3.05) is 13.7 Å². The van der Waals surface area contributed by atoms with Crippen LogP contribution in [-0.2, 0) is 4.74 Å². The van der Waals surface area contributed by atoms with Gasteiger partial charge in [-0.2, -0.15) is 0 Å². The molecular weight excluding hydrogens is 114 g/mol. The van der Waals surface area contributed by atoms with Gasteiger partial charge in [-0.1, -0.05) is 0 Å². The molecule has 2 unspecified atom stereocenters. The van der Waals surface area contributed by atoms with Gasteiger partial charge in [-0.15, -0.1) is 0 Å². The van der Waals surface area contributed by atoms with Gasteiger partial charge in [-0.25, -0.2) is 0 Å². The van der Waals surface area contributed by atoms with Crippen molar-refractivity contribution < 1.29 is 4.74 Å². The first-order valence-electron chi connectivity index (χ1n) is 3.49. The van der Waals surface area contributed by atoms with Crippen LogP contribution in [0.3, 0.4) is 0 Å². The summed E-state index contributed by atoms with van der Waals surface area (Å²) in [6, 6.07) is 0. The Bertz CT molecular complexity index is 105. The number of hydrogen-bond donors (Lipinski definition) is 1. The lowest BCUT2D eigenvalue weighted by Crippen LogP contribution is -2.45. The second kappa shape index (κ2) is 2.27. The van der Waals surface area contributed by atoms with E-state index in [0.717, 1.165) is 13.0 Å². The Morgan fingerprint density at radius 3 is 2.56 bits per heavy atom. The lowest BCUT2D eigenvalue weighted by Gasteiger charge is -2.26. The molecule has 0 aromatic carbocycles. The fraction of sp³-hybridized carbons (Fsp3) is 1.00. The molecule has 0 aromatic rings. The predicted molar refractivity (Wildman–Crippen MR) is 37.5 cm³/mol. The van der Waals surface area contributed by atoms with E-state index in [2.05, 4.69) is 19.2 Å². The van der Waals surface area contributed by atoms with Crippen molar-refractivity contribution in [3.8, 4) is 0 Å². The predicted octanol–water partition coefficient (Wildman–Crippen LogP) is 0.773. The van der Waals surface area contributed by atoms with Crippen LogP contribution in [0.5, 0.6) is 0 Å². The molecule has 0 radical (unpaired) electrons. The maximum absolute atomic E-state index is 5.40. The summed E-state index contributed by atoms with van der Waals surface area (Å²) in [5.41, 5.74) is 0.222. The molecule has 0 aliphatic carbocycles. The molecule has 1 rings (SSSR count). The monoisotopic (exact) mass is 129 g/mol. The second-order valence-electron chi connectivity index (χ2n) is 2.93. The molecule has 1 saturated heterocycles. The molecule has 1 aliphatic heterocycles. The summed E-state index contributed by atoms with van der Waals surface area (Å²) in [4.78, 5) is 0. The summed E-state index contributed by atoms with van der Waals surface area (Å²) in [5, 5.41) is 3.27. The van der Waals surface area contributed by atoms with E-state index in [0.29, 0.717) is 6.10 Å². The average molecular weight is 129 g/mol. The minimum absolute atomic E-state index is 0.222. The summed E-state index contributed by atoms with van der Waals surface area (Å²) < 4.78 is 5.40. The minimum Gasteiger partial charge on any atom is -0.377 e. The third kappa shape index (κ3) is 1.10. The van der Waals surface area contributed by atoms with Gasteiger partial charge >= 0.3 is 0 Å². The van der Waals surface area contributed by atoms with Gasteiger partial charge in [0.15, 0.2) is 0 Å². The SMILES string of the molecule is CNC1(C)CCOC1C. The molecule has 0 spiro atoms. The molecule has 54 valence electrons. The van der Waals surface area contributed by atoms with Gasteiger partial charge in [0.05, 0.1) is 6.10 Å². The van der Waals surface area contributed by atoms with Crippen LogP contribution >= 0.6 is 0 Å². The van der Waals surface area contributed by atoms with E-state index in [1.54, 1.807) is 0 Å². The third-order valence-corrected chi connectivity index (χ3v) is 2.46. The van der Waals surface area contributed by atoms with Crippen molar-refractivity contribution in [1.82, 2.24) is 5.32 Å². The van der Waals surface area contributed by atoms with E-state index in [1.165, 1.54) is 0 Å². The summed E-state index contributed by atoms with van der Waals surface area (Å²) >= 11 is 0. The van der Waals surface area contributed by atoms with E-state index in [4.69, 9.17) is 4.74 Å². The summed E-state index contributed by atoms with van der Waals surface area (Å²) in [6.45, 7) is 5.21. The zero-order valence-electron chi connectivity index (χ0n) is 6.40. The molecule has 2 heteroatoms. The topological polar surface area (TPSA) is 21.3 Å². The number of likely N-dealkylation sites (N-methyl/N-ethyl adjacent to an activating group) is 1. The Hall–Kier alpha value is -0.0800. The minimum atomic E-state index is 0.222. The molecule has 1 N–H and O–H groups in total.